The van der Waals surface area contributed by atoms with Gasteiger partial charge in [-0.05, 0) is 13.0 Å². The molecule has 0 aromatic heterocycles. The molecule has 0 saturated carbocycles. The van der Waals surface area contributed by atoms with E-state index < -0.39 is 30.4 Å². The highest BCUT2D eigenvalue weighted by molar-refractivity contribution is 5.70. The second kappa shape index (κ2) is 6.36. The molecule has 4 atom stereocenters. The second-order valence-electron chi connectivity index (χ2n) is 3.95. The average Bonchev–Trinajstić information content (AvgIpc) is 2.24. The van der Waals surface area contributed by atoms with Crippen molar-refractivity contribution in [2.24, 2.45) is 0 Å². The van der Waals surface area contributed by atoms with Crippen LogP contribution in [0, 0.1) is 0 Å². The summed E-state index contributed by atoms with van der Waals surface area (Å²) in [6.07, 6.45) is -0.606. The van der Waals surface area contributed by atoms with E-state index in [4.69, 9.17) is 9.47 Å². The second-order valence-corrected chi connectivity index (χ2v) is 3.95. The normalized spacial score (nSPS) is 36.8. The Hall–Kier alpha value is -1.40. The van der Waals surface area contributed by atoms with E-state index in [0.717, 1.165) is 0 Å². The van der Waals surface area contributed by atoms with E-state index in [2.05, 4.69) is 0 Å². The summed E-state index contributed by atoms with van der Waals surface area (Å²) in [4.78, 5) is 21.6. The van der Waals surface area contributed by atoms with Crippen LogP contribution in [0.4, 0.5) is 0 Å². The zero-order chi connectivity index (χ0) is 12.8. The molecule has 0 aliphatic carbocycles. The summed E-state index contributed by atoms with van der Waals surface area (Å²) in [5.74, 6) is -0.593. The standard InChI is InChI=1S/C11H16O6/c1-7-4-8(16-6-12)2-3-9(13)10(14)5-11(15)17-7/h2-3,6-10,13-14H,4-5H2,1H3/b3-2-. The Morgan fingerprint density at radius 1 is 1.47 bits per heavy atom. The third-order valence-corrected chi connectivity index (χ3v) is 2.42. The number of hydrogen-bond acceptors (Lipinski definition) is 6. The Kier molecular flexibility index (Phi) is 5.11. The van der Waals surface area contributed by atoms with Crippen molar-refractivity contribution >= 4 is 12.4 Å². The number of aliphatic hydroxyl groups excluding tert-OH is 2. The molecule has 0 fully saturated rings. The molecule has 0 aromatic rings. The molecule has 1 aliphatic heterocycles. The Labute approximate surface area is 98.8 Å². The zero-order valence-corrected chi connectivity index (χ0v) is 9.48. The summed E-state index contributed by atoms with van der Waals surface area (Å²) in [5, 5.41) is 18.9. The van der Waals surface area contributed by atoms with E-state index in [0.29, 0.717) is 6.42 Å². The summed E-state index contributed by atoms with van der Waals surface area (Å²) >= 11 is 0. The van der Waals surface area contributed by atoms with Gasteiger partial charge in [-0.15, -0.1) is 0 Å². The molecule has 0 spiro atoms. The Bertz CT molecular complexity index is 300. The van der Waals surface area contributed by atoms with Crippen LogP contribution in [0.5, 0.6) is 0 Å². The third-order valence-electron chi connectivity index (χ3n) is 2.42. The van der Waals surface area contributed by atoms with Crippen LogP contribution in [0.1, 0.15) is 19.8 Å². The first-order valence-electron chi connectivity index (χ1n) is 5.36. The highest BCUT2D eigenvalue weighted by Crippen LogP contribution is 2.13. The first-order valence-corrected chi connectivity index (χ1v) is 5.36. The minimum atomic E-state index is -1.22. The van der Waals surface area contributed by atoms with Crippen molar-refractivity contribution in [2.45, 2.75) is 44.2 Å². The first kappa shape index (κ1) is 13.7. The summed E-state index contributed by atoms with van der Waals surface area (Å²) in [5.41, 5.74) is 0. The molecule has 1 aliphatic rings. The number of aliphatic hydroxyl groups is 2. The van der Waals surface area contributed by atoms with Gasteiger partial charge in [-0.25, -0.2) is 0 Å². The quantitative estimate of drug-likeness (QED) is 0.387. The molecular formula is C11H16O6. The van der Waals surface area contributed by atoms with Gasteiger partial charge in [0.2, 0.25) is 0 Å². The first-order chi connectivity index (χ1) is 8.02. The lowest BCUT2D eigenvalue weighted by atomic mass is 10.1. The van der Waals surface area contributed by atoms with Crippen LogP contribution in [0.25, 0.3) is 0 Å². The van der Waals surface area contributed by atoms with Gasteiger partial charge in [0.05, 0.1) is 18.6 Å². The van der Waals surface area contributed by atoms with Crippen LogP contribution in [0.3, 0.4) is 0 Å². The van der Waals surface area contributed by atoms with Crippen molar-refractivity contribution in [3.05, 3.63) is 12.2 Å². The molecule has 1 heterocycles. The van der Waals surface area contributed by atoms with Crippen LogP contribution in [-0.2, 0) is 19.1 Å². The van der Waals surface area contributed by atoms with Crippen molar-refractivity contribution in [3.8, 4) is 0 Å². The number of cyclic esters (lactones) is 1. The Balaban J connectivity index is 2.78. The molecule has 0 amide bonds. The topological polar surface area (TPSA) is 93.1 Å². The summed E-state index contributed by atoms with van der Waals surface area (Å²) in [6, 6.07) is 0. The van der Waals surface area contributed by atoms with E-state index >= 15 is 0 Å². The number of rotatable bonds is 2. The molecule has 0 radical (unpaired) electrons. The van der Waals surface area contributed by atoms with Gasteiger partial charge < -0.3 is 19.7 Å². The predicted octanol–water partition coefficient (Wildman–Crippen LogP) is -0.469. The number of carbonyl (C=O) groups is 2. The van der Waals surface area contributed by atoms with Crippen LogP contribution in [0.15, 0.2) is 12.2 Å². The maximum absolute atomic E-state index is 11.3. The maximum atomic E-state index is 11.3. The summed E-state index contributed by atoms with van der Waals surface area (Å²) in [6.45, 7) is 1.95. The minimum Gasteiger partial charge on any atom is -0.462 e. The van der Waals surface area contributed by atoms with Gasteiger partial charge in [-0.3, -0.25) is 9.59 Å². The number of carbonyl (C=O) groups excluding carboxylic acids is 2. The largest absolute Gasteiger partial charge is 0.462 e. The Morgan fingerprint density at radius 3 is 2.82 bits per heavy atom. The van der Waals surface area contributed by atoms with Crippen molar-refractivity contribution in [1.29, 1.82) is 0 Å². The fraction of sp³-hybridized carbons (Fsp3) is 0.636. The van der Waals surface area contributed by atoms with Crippen LogP contribution in [-0.4, -0.2) is 47.1 Å². The number of esters is 1. The average molecular weight is 244 g/mol. The SMILES string of the molecule is CC1CC(OC=O)/C=C\C(O)C(O)CC(=O)O1. The van der Waals surface area contributed by atoms with E-state index in [1.165, 1.54) is 12.2 Å². The van der Waals surface area contributed by atoms with Gasteiger partial charge in [-0.2, -0.15) is 0 Å². The van der Waals surface area contributed by atoms with Crippen molar-refractivity contribution in [2.75, 3.05) is 0 Å². The summed E-state index contributed by atoms with van der Waals surface area (Å²) < 4.78 is 9.73. The fourth-order valence-corrected chi connectivity index (χ4v) is 1.56. The fourth-order valence-electron chi connectivity index (χ4n) is 1.56. The number of hydrogen-bond donors (Lipinski definition) is 2. The van der Waals surface area contributed by atoms with Gasteiger partial charge in [0.25, 0.3) is 6.47 Å². The molecule has 0 saturated heterocycles. The van der Waals surface area contributed by atoms with E-state index in [9.17, 15) is 19.8 Å². The molecule has 17 heavy (non-hydrogen) atoms. The van der Waals surface area contributed by atoms with Gasteiger partial charge in [0, 0.05) is 6.42 Å². The maximum Gasteiger partial charge on any atom is 0.308 e. The molecule has 96 valence electrons. The number of ether oxygens (including phenoxy) is 2. The van der Waals surface area contributed by atoms with Gasteiger partial charge in [0.1, 0.15) is 12.2 Å². The Morgan fingerprint density at radius 2 is 2.18 bits per heavy atom. The highest BCUT2D eigenvalue weighted by Gasteiger charge is 2.23. The lowest BCUT2D eigenvalue weighted by Crippen LogP contribution is -2.31. The van der Waals surface area contributed by atoms with Gasteiger partial charge in [0.15, 0.2) is 0 Å². The monoisotopic (exact) mass is 244 g/mol. The highest BCUT2D eigenvalue weighted by atomic mass is 16.6. The van der Waals surface area contributed by atoms with Crippen molar-refractivity contribution < 1.29 is 29.3 Å². The van der Waals surface area contributed by atoms with Crippen LogP contribution >= 0.6 is 0 Å². The smallest absolute Gasteiger partial charge is 0.308 e. The summed E-state index contributed by atoms with van der Waals surface area (Å²) in [7, 11) is 0. The van der Waals surface area contributed by atoms with Gasteiger partial charge >= 0.3 is 5.97 Å². The lowest BCUT2D eigenvalue weighted by Gasteiger charge is -2.22. The minimum absolute atomic E-state index is 0.269. The lowest BCUT2D eigenvalue weighted by molar-refractivity contribution is -0.153. The van der Waals surface area contributed by atoms with Crippen molar-refractivity contribution in [3.63, 3.8) is 0 Å². The van der Waals surface area contributed by atoms with Crippen LogP contribution in [0.2, 0.25) is 0 Å². The van der Waals surface area contributed by atoms with E-state index in [1.807, 2.05) is 0 Å². The predicted molar refractivity (Wildman–Crippen MR) is 56.9 cm³/mol. The van der Waals surface area contributed by atoms with Gasteiger partial charge in [-0.1, -0.05) is 6.08 Å². The molecule has 1 rings (SSSR count). The molecule has 4 unspecified atom stereocenters. The molecule has 6 nitrogen and oxygen atoms in total. The zero-order valence-electron chi connectivity index (χ0n) is 9.48. The molecular weight excluding hydrogens is 228 g/mol. The van der Waals surface area contributed by atoms with Crippen LogP contribution < -0.4 is 0 Å². The van der Waals surface area contributed by atoms with E-state index in [-0.39, 0.29) is 12.9 Å². The van der Waals surface area contributed by atoms with Crippen molar-refractivity contribution in [1.82, 2.24) is 0 Å². The molecule has 0 aromatic carbocycles. The molecule has 6 heteroatoms. The third kappa shape index (κ3) is 4.54. The molecule has 0 bridgehead atoms. The molecule has 2 N–H and O–H groups in total. The van der Waals surface area contributed by atoms with E-state index in [1.54, 1.807) is 6.92 Å².